The Labute approximate surface area is 208 Å². The number of carbonyl (C=O) groups excluding carboxylic acids is 2. The van der Waals surface area contributed by atoms with Gasteiger partial charge in [0.25, 0.3) is 5.56 Å². The molecule has 7 nitrogen and oxygen atoms in total. The molecule has 0 amide bonds. The highest BCUT2D eigenvalue weighted by Gasteiger charge is 2.30. The number of rotatable bonds is 5. The Balaban J connectivity index is 1.97. The molecular weight excluding hydrogens is 489 g/mol. The van der Waals surface area contributed by atoms with Gasteiger partial charge in [-0.1, -0.05) is 30.3 Å². The number of aromatic nitrogens is 2. The predicted octanol–water partition coefficient (Wildman–Crippen LogP) is 5.15. The van der Waals surface area contributed by atoms with E-state index in [1.807, 2.05) is 0 Å². The van der Waals surface area contributed by atoms with Crippen LogP contribution in [0.5, 0.6) is 0 Å². The van der Waals surface area contributed by atoms with Gasteiger partial charge < -0.3 is 9.47 Å². The van der Waals surface area contributed by atoms with E-state index in [4.69, 9.17) is 9.47 Å². The largest absolute Gasteiger partial charge is 0.465 e. The van der Waals surface area contributed by atoms with Gasteiger partial charge in [0.1, 0.15) is 5.82 Å². The van der Waals surface area contributed by atoms with E-state index in [0.29, 0.717) is 5.52 Å². The van der Waals surface area contributed by atoms with Gasteiger partial charge in [-0.2, -0.15) is 13.2 Å². The molecule has 0 saturated carbocycles. The van der Waals surface area contributed by atoms with Crippen molar-refractivity contribution in [1.29, 1.82) is 0 Å². The van der Waals surface area contributed by atoms with Crippen LogP contribution in [-0.2, 0) is 15.7 Å². The summed E-state index contributed by atoms with van der Waals surface area (Å²) in [6, 6.07) is 15.1. The number of hydrogen-bond acceptors (Lipinski definition) is 6. The Morgan fingerprint density at radius 1 is 0.865 bits per heavy atom. The number of fused-ring (bicyclic) bond motifs is 1. The highest BCUT2D eigenvalue weighted by Crippen LogP contribution is 2.30. The molecule has 0 aliphatic rings. The fraction of sp³-hybridized carbons (Fsp3) is 0.111. The molecule has 10 heteroatoms. The second kappa shape index (κ2) is 10.1. The Bertz CT molecular complexity index is 1570. The standard InChI is InChI=1S/C27H19F3N2O5/c1-36-25(34)17-13-18(26(35)37-2)15-20(14-17)32-23(31-22-9-4-3-8-21(22)24(32)33)11-10-16-6-5-7-19(12-16)27(28,29)30/h3-15H,1-2H3/b11-10-. The van der Waals surface area contributed by atoms with Crippen LogP contribution in [0.2, 0.25) is 0 Å². The van der Waals surface area contributed by atoms with Crippen LogP contribution in [0.15, 0.2) is 71.5 Å². The maximum absolute atomic E-state index is 13.6. The van der Waals surface area contributed by atoms with E-state index in [1.54, 1.807) is 24.3 Å². The number of benzene rings is 3. The van der Waals surface area contributed by atoms with Gasteiger partial charge in [0.2, 0.25) is 0 Å². The first-order valence-corrected chi connectivity index (χ1v) is 10.8. The summed E-state index contributed by atoms with van der Waals surface area (Å²) < 4.78 is 50.2. The summed E-state index contributed by atoms with van der Waals surface area (Å²) in [6.07, 6.45) is -1.76. The maximum atomic E-state index is 13.6. The van der Waals surface area contributed by atoms with Gasteiger partial charge >= 0.3 is 18.1 Å². The van der Waals surface area contributed by atoms with Gasteiger partial charge in [-0.05, 0) is 54.1 Å². The third kappa shape index (κ3) is 5.27. The summed E-state index contributed by atoms with van der Waals surface area (Å²) in [5, 5.41) is 0.252. The molecule has 0 atom stereocenters. The molecule has 0 radical (unpaired) electrons. The fourth-order valence-corrected chi connectivity index (χ4v) is 3.71. The summed E-state index contributed by atoms with van der Waals surface area (Å²) in [5.74, 6) is -1.45. The molecular formula is C27H19F3N2O5. The zero-order valence-corrected chi connectivity index (χ0v) is 19.6. The second-order valence-electron chi connectivity index (χ2n) is 7.84. The normalized spacial score (nSPS) is 11.6. The third-order valence-electron chi connectivity index (χ3n) is 5.46. The van der Waals surface area contributed by atoms with Crippen molar-refractivity contribution < 1.29 is 32.2 Å². The number of esters is 2. The monoisotopic (exact) mass is 508 g/mol. The lowest BCUT2D eigenvalue weighted by atomic mass is 10.1. The second-order valence-corrected chi connectivity index (χ2v) is 7.84. The number of para-hydroxylation sites is 1. The SMILES string of the molecule is COC(=O)c1cc(C(=O)OC)cc(-n2c(/C=C\c3cccc(C(F)(F)F)c3)nc3ccccc3c2=O)c1. The first kappa shape index (κ1) is 25.4. The maximum Gasteiger partial charge on any atom is 0.416 e. The summed E-state index contributed by atoms with van der Waals surface area (Å²) in [6.45, 7) is 0. The molecule has 1 heterocycles. The van der Waals surface area contributed by atoms with Gasteiger partial charge in [0.15, 0.2) is 0 Å². The minimum atomic E-state index is -4.52. The zero-order chi connectivity index (χ0) is 26.7. The topological polar surface area (TPSA) is 87.5 Å². The predicted molar refractivity (Wildman–Crippen MR) is 130 cm³/mol. The Hall–Kier alpha value is -4.73. The van der Waals surface area contributed by atoms with Crippen LogP contribution in [0.4, 0.5) is 13.2 Å². The van der Waals surface area contributed by atoms with Crippen molar-refractivity contribution in [3.63, 3.8) is 0 Å². The lowest BCUT2D eigenvalue weighted by Crippen LogP contribution is -2.23. The number of hydrogen-bond donors (Lipinski definition) is 0. The van der Waals surface area contributed by atoms with Crippen molar-refractivity contribution in [3.8, 4) is 5.69 Å². The lowest BCUT2D eigenvalue weighted by molar-refractivity contribution is -0.137. The highest BCUT2D eigenvalue weighted by molar-refractivity contribution is 5.96. The van der Waals surface area contributed by atoms with Crippen LogP contribution >= 0.6 is 0 Å². The van der Waals surface area contributed by atoms with Crippen molar-refractivity contribution in [2.24, 2.45) is 0 Å². The number of halogens is 3. The van der Waals surface area contributed by atoms with Crippen LogP contribution in [0.3, 0.4) is 0 Å². The molecule has 188 valence electrons. The number of nitrogens with zero attached hydrogens (tertiary/aromatic N) is 2. The van der Waals surface area contributed by atoms with Crippen LogP contribution in [-0.4, -0.2) is 35.7 Å². The average Bonchev–Trinajstić information content (AvgIpc) is 2.90. The number of alkyl halides is 3. The van der Waals surface area contributed by atoms with E-state index in [9.17, 15) is 27.6 Å². The summed E-state index contributed by atoms with van der Waals surface area (Å²) in [5.41, 5.74) is -0.706. The van der Waals surface area contributed by atoms with Crippen LogP contribution in [0.25, 0.3) is 28.7 Å². The third-order valence-corrected chi connectivity index (χ3v) is 5.46. The van der Waals surface area contributed by atoms with E-state index in [1.165, 1.54) is 56.7 Å². The van der Waals surface area contributed by atoms with Crippen LogP contribution < -0.4 is 5.56 Å². The fourth-order valence-electron chi connectivity index (χ4n) is 3.71. The van der Waals surface area contributed by atoms with Gasteiger partial charge in [-0.15, -0.1) is 0 Å². The summed E-state index contributed by atoms with van der Waals surface area (Å²) in [7, 11) is 2.33. The number of carbonyl (C=O) groups is 2. The molecule has 4 rings (SSSR count). The average molecular weight is 508 g/mol. The van der Waals surface area contributed by atoms with Gasteiger partial charge in [-0.3, -0.25) is 9.36 Å². The van der Waals surface area contributed by atoms with Gasteiger partial charge in [0, 0.05) is 0 Å². The molecule has 0 spiro atoms. The zero-order valence-electron chi connectivity index (χ0n) is 19.6. The molecule has 0 bridgehead atoms. The first-order chi connectivity index (χ1) is 17.6. The molecule has 37 heavy (non-hydrogen) atoms. The minimum absolute atomic E-state index is 0.0201. The molecule has 0 aliphatic carbocycles. The molecule has 0 unspecified atom stereocenters. The van der Waals surface area contributed by atoms with Crippen molar-refractivity contribution >= 4 is 35.0 Å². The Morgan fingerprint density at radius 2 is 1.51 bits per heavy atom. The summed E-state index contributed by atoms with van der Waals surface area (Å²) >= 11 is 0. The lowest BCUT2D eigenvalue weighted by Gasteiger charge is -2.14. The smallest absolute Gasteiger partial charge is 0.416 e. The number of methoxy groups -OCH3 is 2. The van der Waals surface area contributed by atoms with Crippen molar-refractivity contribution in [2.45, 2.75) is 6.18 Å². The van der Waals surface area contributed by atoms with E-state index in [2.05, 4.69) is 4.98 Å². The van der Waals surface area contributed by atoms with Crippen molar-refractivity contribution in [2.75, 3.05) is 14.2 Å². The molecule has 0 N–H and O–H groups in total. The van der Waals surface area contributed by atoms with E-state index in [-0.39, 0.29) is 33.6 Å². The van der Waals surface area contributed by atoms with E-state index < -0.39 is 29.2 Å². The van der Waals surface area contributed by atoms with E-state index >= 15 is 0 Å². The molecule has 0 aliphatic heterocycles. The first-order valence-electron chi connectivity index (χ1n) is 10.8. The van der Waals surface area contributed by atoms with Crippen LogP contribution in [0, 0.1) is 0 Å². The molecule has 0 fully saturated rings. The highest BCUT2D eigenvalue weighted by atomic mass is 19.4. The number of ether oxygens (including phenoxy) is 2. The molecule has 3 aromatic carbocycles. The quantitative estimate of drug-likeness (QED) is 0.347. The van der Waals surface area contributed by atoms with Crippen molar-refractivity contribution in [3.05, 3.63) is 105 Å². The molecule has 0 saturated heterocycles. The molecule has 4 aromatic rings. The molecule has 1 aromatic heterocycles. The van der Waals surface area contributed by atoms with Crippen molar-refractivity contribution in [1.82, 2.24) is 9.55 Å². The van der Waals surface area contributed by atoms with Crippen LogP contribution in [0.1, 0.15) is 37.7 Å². The summed E-state index contributed by atoms with van der Waals surface area (Å²) in [4.78, 5) is 42.6. The van der Waals surface area contributed by atoms with E-state index in [0.717, 1.165) is 16.7 Å². The van der Waals surface area contributed by atoms with Gasteiger partial charge in [0.05, 0.1) is 47.5 Å². The Morgan fingerprint density at radius 3 is 2.14 bits per heavy atom. The van der Waals surface area contributed by atoms with Gasteiger partial charge in [-0.25, -0.2) is 14.6 Å². The minimum Gasteiger partial charge on any atom is -0.465 e. The Kier molecular flexibility index (Phi) is 6.92.